The standard InChI is InChI=1S/C31H40F3N9O4S/c1-48(46,47)41-15-9-27-25(18-41)30(38-43(27)12-3-10-39-13-7-24(8-14-39)42-11-2-4-29(42)45)22-5-6-26(31(32,33)34)23(16-22)17-36-28(44)19-40-21-35-20-37-40/h5-6,16,20-21,24H,2-4,7-15,17-19H2,1H3,(H,36,44). The smallest absolute Gasteiger partial charge is 0.350 e. The van der Waals surface area contributed by atoms with Crippen molar-refractivity contribution >= 4 is 21.8 Å². The van der Waals surface area contributed by atoms with Crippen LogP contribution in [0.4, 0.5) is 13.2 Å². The van der Waals surface area contributed by atoms with Gasteiger partial charge in [0.15, 0.2) is 0 Å². The molecule has 1 aromatic carbocycles. The molecule has 1 N–H and O–H groups in total. The Hall–Kier alpha value is -3.83. The first-order valence-corrected chi connectivity index (χ1v) is 18.1. The first-order chi connectivity index (χ1) is 22.9. The molecule has 2 fully saturated rings. The highest BCUT2D eigenvalue weighted by atomic mass is 32.2. The Balaban J connectivity index is 1.20. The van der Waals surface area contributed by atoms with Crippen LogP contribution in [0.1, 0.15) is 54.5 Å². The highest BCUT2D eigenvalue weighted by molar-refractivity contribution is 7.88. The molecule has 0 radical (unpaired) electrons. The van der Waals surface area contributed by atoms with E-state index >= 15 is 0 Å². The van der Waals surface area contributed by atoms with Gasteiger partial charge in [0.05, 0.1) is 17.5 Å². The summed E-state index contributed by atoms with van der Waals surface area (Å²) in [6, 6.07) is 4.02. The first kappa shape index (κ1) is 34.0. The Labute approximate surface area is 277 Å². The van der Waals surface area contributed by atoms with Gasteiger partial charge in [-0.3, -0.25) is 14.3 Å². The van der Waals surface area contributed by atoms with Crippen LogP contribution >= 0.6 is 0 Å². The Kier molecular flexibility index (Phi) is 9.90. The number of alkyl halides is 3. The lowest BCUT2D eigenvalue weighted by Gasteiger charge is -2.36. The number of sulfonamides is 1. The van der Waals surface area contributed by atoms with Gasteiger partial charge in [-0.15, -0.1) is 0 Å². The Morgan fingerprint density at radius 3 is 2.54 bits per heavy atom. The molecule has 0 aliphatic carbocycles. The lowest BCUT2D eigenvalue weighted by Crippen LogP contribution is -2.45. The van der Waals surface area contributed by atoms with Crippen molar-refractivity contribution in [3.8, 4) is 11.3 Å². The molecule has 0 atom stereocenters. The predicted molar refractivity (Wildman–Crippen MR) is 169 cm³/mol. The molecule has 17 heteroatoms. The molecule has 3 aliphatic heterocycles. The summed E-state index contributed by atoms with van der Waals surface area (Å²) in [7, 11) is -3.52. The van der Waals surface area contributed by atoms with Crippen molar-refractivity contribution in [3.05, 3.63) is 53.2 Å². The highest BCUT2D eigenvalue weighted by Crippen LogP contribution is 2.37. The summed E-state index contributed by atoms with van der Waals surface area (Å²) in [6.07, 6.45) is 3.77. The van der Waals surface area contributed by atoms with E-state index in [2.05, 4.69) is 20.3 Å². The molecular weight excluding hydrogens is 651 g/mol. The molecule has 0 saturated carbocycles. The molecule has 5 heterocycles. The fraction of sp³-hybridized carbons (Fsp3) is 0.581. The third-order valence-electron chi connectivity index (χ3n) is 9.45. The number of hydrogen-bond acceptors (Lipinski definition) is 8. The average Bonchev–Trinajstić information content (AvgIpc) is 3.80. The van der Waals surface area contributed by atoms with Gasteiger partial charge in [-0.2, -0.15) is 27.7 Å². The van der Waals surface area contributed by atoms with Crippen molar-refractivity contribution in [2.24, 2.45) is 0 Å². The summed E-state index contributed by atoms with van der Waals surface area (Å²) in [5.74, 6) is -0.270. The molecular formula is C31H40F3N9O4S. The van der Waals surface area contributed by atoms with Crippen LogP contribution in [0.25, 0.3) is 11.3 Å². The third-order valence-corrected chi connectivity index (χ3v) is 10.7. The van der Waals surface area contributed by atoms with Crippen LogP contribution in [0.2, 0.25) is 0 Å². The number of aryl methyl sites for hydroxylation is 1. The van der Waals surface area contributed by atoms with Crippen molar-refractivity contribution in [2.45, 2.75) is 76.9 Å². The van der Waals surface area contributed by atoms with Crippen LogP contribution in [0.5, 0.6) is 0 Å². The average molecular weight is 692 g/mol. The van der Waals surface area contributed by atoms with Crippen molar-refractivity contribution in [1.82, 2.24) is 44.0 Å². The van der Waals surface area contributed by atoms with E-state index in [1.165, 1.54) is 33.8 Å². The minimum Gasteiger partial charge on any atom is -0.350 e. The van der Waals surface area contributed by atoms with Gasteiger partial charge in [-0.05, 0) is 49.9 Å². The molecule has 6 rings (SSSR count). The second-order valence-electron chi connectivity index (χ2n) is 12.7. The van der Waals surface area contributed by atoms with E-state index in [0.29, 0.717) is 42.2 Å². The quantitative estimate of drug-likeness (QED) is 0.324. The lowest BCUT2D eigenvalue weighted by molar-refractivity contribution is -0.138. The van der Waals surface area contributed by atoms with Gasteiger partial charge in [0.2, 0.25) is 21.8 Å². The van der Waals surface area contributed by atoms with Gasteiger partial charge in [0.25, 0.3) is 0 Å². The monoisotopic (exact) mass is 691 g/mol. The van der Waals surface area contributed by atoms with Crippen molar-refractivity contribution in [3.63, 3.8) is 0 Å². The fourth-order valence-corrected chi connectivity index (χ4v) is 7.78. The van der Waals surface area contributed by atoms with Crippen LogP contribution < -0.4 is 5.32 Å². The number of aromatic nitrogens is 5. The molecule has 2 aromatic heterocycles. The second-order valence-corrected chi connectivity index (χ2v) is 14.7. The number of likely N-dealkylation sites (tertiary alicyclic amines) is 2. The van der Waals surface area contributed by atoms with E-state index < -0.39 is 27.7 Å². The number of nitrogens with one attached hydrogen (secondary N) is 1. The lowest BCUT2D eigenvalue weighted by atomic mass is 9.97. The minimum absolute atomic E-state index is 0.0667. The van der Waals surface area contributed by atoms with E-state index in [4.69, 9.17) is 5.10 Å². The van der Waals surface area contributed by atoms with Crippen LogP contribution in [0, 0.1) is 0 Å². The van der Waals surface area contributed by atoms with E-state index in [1.807, 2.05) is 9.58 Å². The largest absolute Gasteiger partial charge is 0.416 e. The number of carbonyl (C=O) groups excluding carboxylic acids is 2. The number of rotatable bonds is 11. The second kappa shape index (κ2) is 14.0. The summed E-state index contributed by atoms with van der Waals surface area (Å²) >= 11 is 0. The first-order valence-electron chi connectivity index (χ1n) is 16.2. The molecule has 0 bridgehead atoms. The van der Waals surface area contributed by atoms with Crippen molar-refractivity contribution < 1.29 is 31.2 Å². The molecule has 3 aromatic rings. The Morgan fingerprint density at radius 1 is 1.08 bits per heavy atom. The van der Waals surface area contributed by atoms with E-state index in [1.54, 1.807) is 0 Å². The van der Waals surface area contributed by atoms with Crippen LogP contribution in [-0.4, -0.2) is 104 Å². The van der Waals surface area contributed by atoms with E-state index in [9.17, 15) is 31.2 Å². The van der Waals surface area contributed by atoms with Crippen LogP contribution in [0.3, 0.4) is 0 Å². The molecule has 3 aliphatic rings. The number of amides is 2. The van der Waals surface area contributed by atoms with Gasteiger partial charge in [-0.1, -0.05) is 6.07 Å². The molecule has 260 valence electrons. The molecule has 13 nitrogen and oxygen atoms in total. The van der Waals surface area contributed by atoms with Gasteiger partial charge in [0.1, 0.15) is 19.2 Å². The molecule has 0 unspecified atom stereocenters. The molecule has 2 amide bonds. The summed E-state index contributed by atoms with van der Waals surface area (Å²) in [5, 5.41) is 11.2. The number of halogens is 3. The summed E-state index contributed by atoms with van der Waals surface area (Å²) in [4.78, 5) is 32.8. The fourth-order valence-electron chi connectivity index (χ4n) is 6.99. The predicted octanol–water partition coefficient (Wildman–Crippen LogP) is 2.27. The number of fused-ring (bicyclic) bond motifs is 1. The molecule has 0 spiro atoms. The Bertz CT molecular complexity index is 1740. The number of nitrogens with zero attached hydrogens (tertiary/aromatic N) is 8. The SMILES string of the molecule is CS(=O)(=O)N1CCc2c(c(-c3ccc(C(F)(F)F)c(CNC(=O)Cn4cncn4)c3)nn2CCCN2CCC(N3CCCC3=O)CC2)C1. The number of hydrogen-bond donors (Lipinski definition) is 1. The number of piperidine rings is 1. The zero-order valence-electron chi connectivity index (χ0n) is 26.8. The Morgan fingerprint density at radius 2 is 1.88 bits per heavy atom. The van der Waals surface area contributed by atoms with E-state index in [-0.39, 0.29) is 37.6 Å². The summed E-state index contributed by atoms with van der Waals surface area (Å²) < 4.78 is 71.6. The van der Waals surface area contributed by atoms with Gasteiger partial charge < -0.3 is 15.1 Å². The van der Waals surface area contributed by atoms with Gasteiger partial charge in [-0.25, -0.2) is 18.1 Å². The topological polar surface area (TPSA) is 139 Å². The molecule has 48 heavy (non-hydrogen) atoms. The third kappa shape index (κ3) is 7.73. The zero-order valence-corrected chi connectivity index (χ0v) is 27.6. The highest BCUT2D eigenvalue weighted by Gasteiger charge is 2.35. The summed E-state index contributed by atoms with van der Waals surface area (Å²) in [6.45, 7) is 3.84. The maximum Gasteiger partial charge on any atom is 0.416 e. The number of carbonyl (C=O) groups is 2. The van der Waals surface area contributed by atoms with Crippen LogP contribution in [0.15, 0.2) is 30.9 Å². The van der Waals surface area contributed by atoms with E-state index in [0.717, 1.165) is 69.9 Å². The van der Waals surface area contributed by atoms with Crippen molar-refractivity contribution in [1.29, 1.82) is 0 Å². The number of benzene rings is 1. The van der Waals surface area contributed by atoms with Gasteiger partial charge >= 0.3 is 6.18 Å². The maximum absolute atomic E-state index is 14.0. The minimum atomic E-state index is -4.66. The van der Waals surface area contributed by atoms with Gasteiger partial charge in [0, 0.05) is 81.5 Å². The maximum atomic E-state index is 14.0. The zero-order chi connectivity index (χ0) is 34.1. The normalized spacial score (nSPS) is 18.4. The van der Waals surface area contributed by atoms with Crippen molar-refractivity contribution in [2.75, 3.05) is 39.0 Å². The van der Waals surface area contributed by atoms with Crippen LogP contribution in [-0.2, 0) is 58.4 Å². The summed E-state index contributed by atoms with van der Waals surface area (Å²) in [5.41, 5.74) is 1.37. The molecule has 2 saturated heterocycles.